The molecule has 1 aliphatic rings. The summed E-state index contributed by atoms with van der Waals surface area (Å²) >= 11 is 5.44. The van der Waals surface area contributed by atoms with Gasteiger partial charge in [-0.3, -0.25) is 5.43 Å². The lowest BCUT2D eigenvalue weighted by molar-refractivity contribution is -0.145. The number of hydrogen-bond donors (Lipinski definition) is 2. The van der Waals surface area contributed by atoms with Crippen molar-refractivity contribution in [1.82, 2.24) is 5.43 Å². The van der Waals surface area contributed by atoms with Gasteiger partial charge in [0.05, 0.1) is 12.3 Å². The number of anilines is 1. The Balaban J connectivity index is 1.76. The van der Waals surface area contributed by atoms with Gasteiger partial charge in [0.15, 0.2) is 11.7 Å². The molecule has 0 atom stereocenters. The third kappa shape index (κ3) is 6.20. The lowest BCUT2D eigenvalue weighted by atomic mass is 9.92. The van der Waals surface area contributed by atoms with Crippen LogP contribution in [-0.2, 0) is 9.53 Å². The molecule has 0 bridgehead atoms. The molecule has 8 heteroatoms. The number of carbonyl (C=O) groups excluding carboxylic acids is 1. The lowest BCUT2D eigenvalue weighted by Crippen LogP contribution is -2.37. The Hall–Kier alpha value is -3.13. The first-order valence-electron chi connectivity index (χ1n) is 10.5. The molecule has 7 nitrogen and oxygen atoms in total. The number of thiocarbonyl (C=S) groups is 1. The summed E-state index contributed by atoms with van der Waals surface area (Å²) in [4.78, 5) is 11.6. The molecule has 0 saturated heterocycles. The van der Waals surface area contributed by atoms with E-state index in [1.807, 2.05) is 52.0 Å². The first kappa shape index (κ1) is 23.5. The summed E-state index contributed by atoms with van der Waals surface area (Å²) in [6.45, 7) is 9.99. The van der Waals surface area contributed by atoms with Gasteiger partial charge in [0, 0.05) is 17.7 Å². The number of hydrogen-bond acceptors (Lipinski definition) is 6. The molecule has 2 aromatic rings. The van der Waals surface area contributed by atoms with Crippen molar-refractivity contribution in [3.63, 3.8) is 0 Å². The lowest BCUT2D eigenvalue weighted by Gasteiger charge is -2.33. The summed E-state index contributed by atoms with van der Waals surface area (Å²) in [5, 5.41) is 8.14. The Labute approximate surface area is 194 Å². The van der Waals surface area contributed by atoms with Crippen molar-refractivity contribution < 1.29 is 19.0 Å². The molecule has 32 heavy (non-hydrogen) atoms. The zero-order valence-electron chi connectivity index (χ0n) is 19.1. The zero-order chi connectivity index (χ0) is 23.3. The zero-order valence-corrected chi connectivity index (χ0v) is 19.9. The van der Waals surface area contributed by atoms with E-state index in [1.165, 1.54) is 5.56 Å². The average molecular weight is 456 g/mol. The highest BCUT2D eigenvalue weighted by atomic mass is 32.1. The van der Waals surface area contributed by atoms with Gasteiger partial charge in [0.25, 0.3) is 0 Å². The topological polar surface area (TPSA) is 81.2 Å². The highest BCUT2D eigenvalue weighted by Gasteiger charge is 2.31. The third-order valence-corrected chi connectivity index (χ3v) is 5.02. The van der Waals surface area contributed by atoms with E-state index in [0.29, 0.717) is 29.6 Å². The normalized spacial score (nSPS) is 15.3. The van der Waals surface area contributed by atoms with Crippen LogP contribution in [0, 0.1) is 13.8 Å². The molecule has 0 saturated carbocycles. The molecule has 170 valence electrons. The Morgan fingerprint density at radius 3 is 2.72 bits per heavy atom. The van der Waals surface area contributed by atoms with Crippen LogP contribution in [-0.4, -0.2) is 35.6 Å². The predicted octanol–water partition coefficient (Wildman–Crippen LogP) is 4.50. The number of nitrogens with zero attached hydrogens (tertiary/aromatic N) is 1. The van der Waals surface area contributed by atoms with Gasteiger partial charge >= 0.3 is 5.97 Å². The summed E-state index contributed by atoms with van der Waals surface area (Å²) < 4.78 is 16.6. The van der Waals surface area contributed by atoms with Crippen LogP contribution in [0.4, 0.5) is 5.69 Å². The second-order valence-corrected chi connectivity index (χ2v) is 8.64. The molecule has 0 amide bonds. The van der Waals surface area contributed by atoms with Gasteiger partial charge in [-0.15, -0.1) is 0 Å². The summed E-state index contributed by atoms with van der Waals surface area (Å²) in [7, 11) is 0. The van der Waals surface area contributed by atoms with Gasteiger partial charge in [-0.05, 0) is 76.7 Å². The maximum absolute atomic E-state index is 11.6. The van der Waals surface area contributed by atoms with E-state index < -0.39 is 11.6 Å². The van der Waals surface area contributed by atoms with Crippen LogP contribution in [0.15, 0.2) is 41.5 Å². The number of esters is 1. The van der Waals surface area contributed by atoms with Gasteiger partial charge in [0.2, 0.25) is 0 Å². The van der Waals surface area contributed by atoms with Crippen LogP contribution < -0.4 is 20.2 Å². The summed E-state index contributed by atoms with van der Waals surface area (Å²) in [5.74, 6) is 0.809. The fourth-order valence-electron chi connectivity index (χ4n) is 3.41. The van der Waals surface area contributed by atoms with Crippen molar-refractivity contribution in [3.8, 4) is 11.5 Å². The SMILES string of the molecule is CCOC(=O)COc1ccc2c(c1)C(=NNC(=S)Nc1ccc(C)cc1C)CC(C)(C)O2. The molecule has 2 aromatic carbocycles. The number of nitrogens with one attached hydrogen (secondary N) is 2. The van der Waals surface area contributed by atoms with E-state index in [0.717, 1.165) is 22.5 Å². The van der Waals surface area contributed by atoms with Crippen molar-refractivity contribution in [2.45, 2.75) is 46.6 Å². The summed E-state index contributed by atoms with van der Waals surface area (Å²) in [6.07, 6.45) is 0.570. The molecular weight excluding hydrogens is 426 g/mol. The first-order chi connectivity index (χ1) is 15.2. The maximum atomic E-state index is 11.6. The fourth-order valence-corrected chi connectivity index (χ4v) is 3.57. The molecular formula is C24H29N3O4S. The standard InChI is InChI=1S/C24H29N3O4S/c1-6-29-22(28)14-30-17-8-10-21-18(12-17)20(13-24(4,5)31-21)26-27-23(32)25-19-9-7-15(2)11-16(19)3/h7-12H,6,13-14H2,1-5H3,(H2,25,27,32). The van der Waals surface area contributed by atoms with Crippen LogP contribution in [0.3, 0.4) is 0 Å². The summed E-state index contributed by atoms with van der Waals surface area (Å²) in [5.41, 5.74) is 7.30. The van der Waals surface area contributed by atoms with Gasteiger partial charge in [0.1, 0.15) is 17.1 Å². The second-order valence-electron chi connectivity index (χ2n) is 8.23. The van der Waals surface area contributed by atoms with Crippen LogP contribution in [0.5, 0.6) is 11.5 Å². The number of benzene rings is 2. The minimum absolute atomic E-state index is 0.159. The average Bonchev–Trinajstić information content (AvgIpc) is 2.72. The molecule has 0 aromatic heterocycles. The molecule has 3 rings (SSSR count). The highest BCUT2D eigenvalue weighted by molar-refractivity contribution is 7.80. The van der Waals surface area contributed by atoms with Crippen molar-refractivity contribution in [2.75, 3.05) is 18.5 Å². The minimum atomic E-state index is -0.427. The molecule has 0 unspecified atom stereocenters. The molecule has 2 N–H and O–H groups in total. The van der Waals surface area contributed by atoms with Crippen molar-refractivity contribution in [1.29, 1.82) is 0 Å². The minimum Gasteiger partial charge on any atom is -0.487 e. The number of hydrazone groups is 1. The van der Waals surface area contributed by atoms with Crippen molar-refractivity contribution in [3.05, 3.63) is 53.1 Å². The van der Waals surface area contributed by atoms with Crippen LogP contribution in [0.1, 0.15) is 43.9 Å². The van der Waals surface area contributed by atoms with Gasteiger partial charge in [-0.1, -0.05) is 17.7 Å². The number of carbonyl (C=O) groups is 1. The second kappa shape index (κ2) is 9.99. The molecule has 1 aliphatic heterocycles. The number of aryl methyl sites for hydroxylation is 2. The Kier molecular flexibility index (Phi) is 7.35. The predicted molar refractivity (Wildman–Crippen MR) is 130 cm³/mol. The molecule has 0 fully saturated rings. The smallest absolute Gasteiger partial charge is 0.344 e. The van der Waals surface area contributed by atoms with E-state index in [9.17, 15) is 4.79 Å². The Morgan fingerprint density at radius 2 is 2.00 bits per heavy atom. The Morgan fingerprint density at radius 1 is 1.22 bits per heavy atom. The van der Waals surface area contributed by atoms with Gasteiger partial charge in [-0.25, -0.2) is 4.79 Å². The van der Waals surface area contributed by atoms with Gasteiger partial charge in [-0.2, -0.15) is 5.10 Å². The molecule has 0 spiro atoms. The monoisotopic (exact) mass is 455 g/mol. The molecule has 1 heterocycles. The fraction of sp³-hybridized carbons (Fsp3) is 0.375. The number of ether oxygens (including phenoxy) is 3. The van der Waals surface area contributed by atoms with E-state index in [4.69, 9.17) is 26.4 Å². The molecule has 0 aliphatic carbocycles. The highest BCUT2D eigenvalue weighted by Crippen LogP contribution is 2.35. The molecule has 0 radical (unpaired) electrons. The van der Waals surface area contributed by atoms with Crippen LogP contribution in [0.2, 0.25) is 0 Å². The Bertz CT molecular complexity index is 1050. The number of rotatable bonds is 6. The van der Waals surface area contributed by atoms with Crippen LogP contribution >= 0.6 is 12.2 Å². The van der Waals surface area contributed by atoms with E-state index in [1.54, 1.807) is 13.0 Å². The quantitative estimate of drug-likeness (QED) is 0.377. The van der Waals surface area contributed by atoms with Crippen molar-refractivity contribution >= 4 is 34.7 Å². The van der Waals surface area contributed by atoms with Gasteiger partial charge < -0.3 is 19.5 Å². The van der Waals surface area contributed by atoms with Crippen LogP contribution in [0.25, 0.3) is 0 Å². The van der Waals surface area contributed by atoms with Crippen molar-refractivity contribution in [2.24, 2.45) is 5.10 Å². The maximum Gasteiger partial charge on any atom is 0.344 e. The van der Waals surface area contributed by atoms with E-state index in [-0.39, 0.29) is 6.61 Å². The third-order valence-electron chi connectivity index (χ3n) is 4.83. The van der Waals surface area contributed by atoms with E-state index in [2.05, 4.69) is 21.9 Å². The largest absolute Gasteiger partial charge is 0.487 e. The first-order valence-corrected chi connectivity index (χ1v) is 10.9. The van der Waals surface area contributed by atoms with E-state index >= 15 is 0 Å². The summed E-state index contributed by atoms with van der Waals surface area (Å²) in [6, 6.07) is 11.5. The number of fused-ring (bicyclic) bond motifs is 1.